The number of hydrogen-bond acceptors (Lipinski definition) is 5. The number of anilines is 1. The topological polar surface area (TPSA) is 86.4 Å². The quantitative estimate of drug-likeness (QED) is 0.804. The summed E-state index contributed by atoms with van der Waals surface area (Å²) in [5.41, 5.74) is 3.81. The van der Waals surface area contributed by atoms with Gasteiger partial charge in [0, 0.05) is 38.2 Å². The SMILES string of the molecule is CCCCS(=O)(=O)N1CCc2nc(N3CCc4ccccc4C3)[nH]c(=O)c2CC1. The van der Waals surface area contributed by atoms with Gasteiger partial charge in [-0.3, -0.25) is 9.78 Å². The molecule has 0 fully saturated rings. The van der Waals surface area contributed by atoms with Gasteiger partial charge in [-0.25, -0.2) is 17.7 Å². The van der Waals surface area contributed by atoms with Crippen molar-refractivity contribution in [3.8, 4) is 0 Å². The third kappa shape index (κ3) is 4.23. The molecule has 2 aliphatic rings. The summed E-state index contributed by atoms with van der Waals surface area (Å²) in [6.45, 7) is 4.24. The average molecular weight is 417 g/mol. The van der Waals surface area contributed by atoms with Crippen LogP contribution in [0.4, 0.5) is 5.95 Å². The van der Waals surface area contributed by atoms with Crippen LogP contribution >= 0.6 is 0 Å². The zero-order chi connectivity index (χ0) is 20.4. The maximum absolute atomic E-state index is 12.8. The van der Waals surface area contributed by atoms with Crippen molar-refractivity contribution >= 4 is 16.0 Å². The number of aromatic amines is 1. The Hall–Kier alpha value is -2.19. The van der Waals surface area contributed by atoms with E-state index in [4.69, 9.17) is 4.98 Å². The van der Waals surface area contributed by atoms with Gasteiger partial charge in [0.1, 0.15) is 0 Å². The van der Waals surface area contributed by atoms with Crippen LogP contribution in [0.25, 0.3) is 0 Å². The molecule has 0 spiro atoms. The minimum Gasteiger partial charge on any atom is -0.338 e. The van der Waals surface area contributed by atoms with Crippen molar-refractivity contribution in [1.29, 1.82) is 0 Å². The van der Waals surface area contributed by atoms with E-state index in [1.165, 1.54) is 15.4 Å². The first kappa shape index (κ1) is 20.1. The number of fused-ring (bicyclic) bond motifs is 2. The fourth-order valence-corrected chi connectivity index (χ4v) is 5.79. The molecule has 0 saturated carbocycles. The summed E-state index contributed by atoms with van der Waals surface area (Å²) in [6.07, 6.45) is 3.30. The molecule has 8 heteroatoms. The molecule has 0 unspecified atom stereocenters. The van der Waals surface area contributed by atoms with Gasteiger partial charge in [0.15, 0.2) is 0 Å². The van der Waals surface area contributed by atoms with Crippen LogP contribution in [0.3, 0.4) is 0 Å². The number of hydrogen-bond donors (Lipinski definition) is 1. The summed E-state index contributed by atoms with van der Waals surface area (Å²) in [5, 5.41) is 0. The van der Waals surface area contributed by atoms with E-state index in [0.29, 0.717) is 43.9 Å². The van der Waals surface area contributed by atoms with Gasteiger partial charge < -0.3 is 4.90 Å². The third-order valence-electron chi connectivity index (χ3n) is 5.88. The number of unbranched alkanes of at least 4 members (excludes halogenated alkanes) is 1. The van der Waals surface area contributed by atoms with Gasteiger partial charge in [-0.2, -0.15) is 0 Å². The molecule has 1 aromatic heterocycles. The molecule has 29 heavy (non-hydrogen) atoms. The molecule has 0 atom stereocenters. The Morgan fingerprint density at radius 3 is 2.62 bits per heavy atom. The summed E-state index contributed by atoms with van der Waals surface area (Å²) < 4.78 is 26.7. The van der Waals surface area contributed by atoms with Gasteiger partial charge >= 0.3 is 0 Å². The van der Waals surface area contributed by atoms with E-state index < -0.39 is 10.0 Å². The number of aromatic nitrogens is 2. The number of rotatable bonds is 5. The zero-order valence-electron chi connectivity index (χ0n) is 16.9. The minimum atomic E-state index is -3.28. The largest absolute Gasteiger partial charge is 0.338 e. The maximum Gasteiger partial charge on any atom is 0.255 e. The Labute approximate surface area is 171 Å². The van der Waals surface area contributed by atoms with Crippen LogP contribution < -0.4 is 10.5 Å². The van der Waals surface area contributed by atoms with Gasteiger partial charge in [-0.05, 0) is 30.4 Å². The lowest BCUT2D eigenvalue weighted by Gasteiger charge is -2.29. The molecule has 1 N–H and O–H groups in total. The standard InChI is InChI=1S/C21H28N4O3S/c1-2-3-14-29(27,28)25-12-9-18-19(10-13-25)22-21(23-20(18)26)24-11-8-16-6-4-5-7-17(16)15-24/h4-7H,2-3,8-15H2,1H3,(H,22,23,26). The molecule has 0 aliphatic carbocycles. The molecule has 0 bridgehead atoms. The van der Waals surface area contributed by atoms with E-state index >= 15 is 0 Å². The van der Waals surface area contributed by atoms with Crippen LogP contribution in [0.2, 0.25) is 0 Å². The van der Waals surface area contributed by atoms with E-state index in [-0.39, 0.29) is 11.3 Å². The molecule has 1 aromatic carbocycles. The monoisotopic (exact) mass is 416 g/mol. The molecule has 156 valence electrons. The van der Waals surface area contributed by atoms with Crippen LogP contribution in [-0.4, -0.2) is 48.1 Å². The number of benzene rings is 1. The number of H-pyrrole nitrogens is 1. The van der Waals surface area contributed by atoms with Crippen molar-refractivity contribution in [2.75, 3.05) is 30.3 Å². The summed E-state index contributed by atoms with van der Waals surface area (Å²) >= 11 is 0. The van der Waals surface area contributed by atoms with Crippen LogP contribution in [0.5, 0.6) is 0 Å². The predicted octanol–water partition coefficient (Wildman–Crippen LogP) is 1.86. The molecular weight excluding hydrogens is 388 g/mol. The fourth-order valence-electron chi connectivity index (χ4n) is 4.14. The second-order valence-electron chi connectivity index (χ2n) is 7.82. The first-order chi connectivity index (χ1) is 14.0. The first-order valence-corrected chi connectivity index (χ1v) is 12.0. The van der Waals surface area contributed by atoms with Crippen molar-refractivity contribution in [2.45, 2.75) is 45.6 Å². The molecule has 0 saturated heterocycles. The Morgan fingerprint density at radius 2 is 1.83 bits per heavy atom. The average Bonchev–Trinajstić information content (AvgIpc) is 2.95. The van der Waals surface area contributed by atoms with Crippen molar-refractivity contribution in [2.24, 2.45) is 0 Å². The van der Waals surface area contributed by atoms with Crippen molar-refractivity contribution < 1.29 is 8.42 Å². The molecule has 0 radical (unpaired) electrons. The van der Waals surface area contributed by atoms with Crippen molar-refractivity contribution in [1.82, 2.24) is 14.3 Å². The predicted molar refractivity (Wildman–Crippen MR) is 114 cm³/mol. The summed E-state index contributed by atoms with van der Waals surface area (Å²) in [6, 6.07) is 8.34. The van der Waals surface area contributed by atoms with E-state index in [2.05, 4.69) is 28.1 Å². The molecular formula is C21H28N4O3S. The van der Waals surface area contributed by atoms with E-state index in [1.54, 1.807) is 0 Å². The summed E-state index contributed by atoms with van der Waals surface area (Å²) in [5.74, 6) is 0.757. The van der Waals surface area contributed by atoms with Gasteiger partial charge in [-0.1, -0.05) is 37.6 Å². The second kappa shape index (κ2) is 8.28. The summed E-state index contributed by atoms with van der Waals surface area (Å²) in [7, 11) is -3.28. The molecule has 7 nitrogen and oxygen atoms in total. The smallest absolute Gasteiger partial charge is 0.255 e. The van der Waals surface area contributed by atoms with Crippen molar-refractivity contribution in [3.05, 3.63) is 57.0 Å². The van der Waals surface area contributed by atoms with Gasteiger partial charge in [0.05, 0.1) is 11.4 Å². The van der Waals surface area contributed by atoms with Crippen LogP contribution in [0.1, 0.15) is 42.1 Å². The lowest BCUT2D eigenvalue weighted by molar-refractivity contribution is 0.425. The highest BCUT2D eigenvalue weighted by atomic mass is 32.2. The van der Waals surface area contributed by atoms with Crippen LogP contribution in [0, 0.1) is 0 Å². The Morgan fingerprint density at radius 1 is 1.07 bits per heavy atom. The van der Waals surface area contributed by atoms with Gasteiger partial charge in [-0.15, -0.1) is 0 Å². The normalized spacial score (nSPS) is 17.5. The zero-order valence-corrected chi connectivity index (χ0v) is 17.7. The number of sulfonamides is 1. The van der Waals surface area contributed by atoms with E-state index in [0.717, 1.165) is 31.6 Å². The molecule has 2 aromatic rings. The Kier molecular flexibility index (Phi) is 5.74. The highest BCUT2D eigenvalue weighted by Crippen LogP contribution is 2.23. The Bertz CT molecular complexity index is 1050. The van der Waals surface area contributed by atoms with E-state index in [9.17, 15) is 13.2 Å². The molecule has 3 heterocycles. The first-order valence-electron chi connectivity index (χ1n) is 10.4. The maximum atomic E-state index is 12.8. The second-order valence-corrected chi connectivity index (χ2v) is 9.91. The molecule has 0 amide bonds. The van der Waals surface area contributed by atoms with E-state index in [1.807, 2.05) is 13.0 Å². The highest BCUT2D eigenvalue weighted by Gasteiger charge is 2.27. The van der Waals surface area contributed by atoms with Crippen molar-refractivity contribution in [3.63, 3.8) is 0 Å². The number of nitrogens with zero attached hydrogens (tertiary/aromatic N) is 3. The minimum absolute atomic E-state index is 0.142. The van der Waals surface area contributed by atoms with Crippen LogP contribution in [-0.2, 0) is 35.8 Å². The Balaban J connectivity index is 1.55. The van der Waals surface area contributed by atoms with Gasteiger partial charge in [0.2, 0.25) is 16.0 Å². The lowest BCUT2D eigenvalue weighted by Crippen LogP contribution is -2.35. The van der Waals surface area contributed by atoms with Crippen LogP contribution in [0.15, 0.2) is 29.1 Å². The van der Waals surface area contributed by atoms with Gasteiger partial charge in [0.25, 0.3) is 5.56 Å². The lowest BCUT2D eigenvalue weighted by atomic mass is 10.0. The fraction of sp³-hybridized carbons (Fsp3) is 0.524. The third-order valence-corrected chi connectivity index (χ3v) is 7.83. The molecule has 4 rings (SSSR count). The number of nitrogens with one attached hydrogen (secondary N) is 1. The summed E-state index contributed by atoms with van der Waals surface area (Å²) in [4.78, 5) is 22.6. The highest BCUT2D eigenvalue weighted by molar-refractivity contribution is 7.89. The molecule has 2 aliphatic heterocycles.